The maximum Gasteiger partial charge on any atom is 0.337 e. The van der Waals surface area contributed by atoms with Crippen LogP contribution >= 0.6 is 11.6 Å². The second kappa shape index (κ2) is 4.01. The van der Waals surface area contributed by atoms with Crippen LogP contribution in [-0.4, -0.2) is 13.1 Å². The highest BCUT2D eigenvalue weighted by atomic mass is 35.5. The minimum absolute atomic E-state index is 0.330. The monoisotopic (exact) mass is 212 g/mol. The van der Waals surface area contributed by atoms with E-state index in [1.54, 1.807) is 12.1 Å². The number of halogens is 1. The lowest BCUT2D eigenvalue weighted by atomic mass is 10.0. The van der Waals surface area contributed by atoms with Crippen LogP contribution in [0.25, 0.3) is 0 Å². The van der Waals surface area contributed by atoms with Gasteiger partial charge in [0.1, 0.15) is 0 Å². The SMILES string of the molecule is COC(=O)c1ccc(C(C)(C)Cl)cc1. The van der Waals surface area contributed by atoms with E-state index in [0.717, 1.165) is 5.56 Å². The van der Waals surface area contributed by atoms with Gasteiger partial charge in [0.05, 0.1) is 17.5 Å². The van der Waals surface area contributed by atoms with Crippen molar-refractivity contribution in [3.8, 4) is 0 Å². The fourth-order valence-corrected chi connectivity index (χ4v) is 1.25. The molecule has 1 rings (SSSR count). The Bertz CT molecular complexity index is 322. The lowest BCUT2D eigenvalue weighted by molar-refractivity contribution is 0.0600. The van der Waals surface area contributed by atoms with Crippen LogP contribution in [0, 0.1) is 0 Å². The molecule has 0 unspecified atom stereocenters. The van der Waals surface area contributed by atoms with E-state index in [1.807, 2.05) is 26.0 Å². The second-order valence-corrected chi connectivity index (χ2v) is 4.49. The maximum atomic E-state index is 11.1. The Morgan fingerprint density at radius 3 is 2.14 bits per heavy atom. The molecule has 0 amide bonds. The molecule has 1 aromatic carbocycles. The Morgan fingerprint density at radius 2 is 1.79 bits per heavy atom. The van der Waals surface area contributed by atoms with Crippen LogP contribution in [0.2, 0.25) is 0 Å². The number of esters is 1. The van der Waals surface area contributed by atoms with Crippen molar-refractivity contribution in [1.82, 2.24) is 0 Å². The summed E-state index contributed by atoms with van der Waals surface area (Å²) in [4.78, 5) is 10.7. The Labute approximate surface area is 88.8 Å². The first-order valence-corrected chi connectivity index (χ1v) is 4.70. The lowest BCUT2D eigenvalue weighted by Gasteiger charge is -2.16. The molecule has 0 saturated heterocycles. The molecule has 1 aromatic rings. The molecule has 0 atom stereocenters. The van der Waals surface area contributed by atoms with Gasteiger partial charge in [-0.25, -0.2) is 4.79 Å². The zero-order valence-electron chi connectivity index (χ0n) is 8.50. The van der Waals surface area contributed by atoms with Gasteiger partial charge in [-0.15, -0.1) is 11.6 Å². The summed E-state index contributed by atoms with van der Waals surface area (Å²) in [6.45, 7) is 3.81. The number of hydrogen-bond donors (Lipinski definition) is 0. The highest BCUT2D eigenvalue weighted by Crippen LogP contribution is 2.27. The van der Waals surface area contributed by atoms with Crippen LogP contribution in [0.3, 0.4) is 0 Å². The topological polar surface area (TPSA) is 26.3 Å². The zero-order valence-corrected chi connectivity index (χ0v) is 9.26. The number of carbonyl (C=O) groups is 1. The first kappa shape index (κ1) is 11.1. The number of ether oxygens (including phenoxy) is 1. The molecule has 0 aromatic heterocycles. The smallest absolute Gasteiger partial charge is 0.337 e. The number of alkyl halides is 1. The molecule has 14 heavy (non-hydrogen) atoms. The number of benzene rings is 1. The van der Waals surface area contributed by atoms with E-state index in [-0.39, 0.29) is 5.97 Å². The van der Waals surface area contributed by atoms with E-state index in [9.17, 15) is 4.79 Å². The third-order valence-electron chi connectivity index (χ3n) is 1.99. The molecule has 0 radical (unpaired) electrons. The van der Waals surface area contributed by atoms with Crippen LogP contribution in [0.15, 0.2) is 24.3 Å². The van der Waals surface area contributed by atoms with Gasteiger partial charge in [-0.3, -0.25) is 0 Å². The molecule has 0 N–H and O–H groups in total. The predicted molar refractivity (Wildman–Crippen MR) is 56.7 cm³/mol. The highest BCUT2D eigenvalue weighted by Gasteiger charge is 2.16. The van der Waals surface area contributed by atoms with Gasteiger partial charge in [0.2, 0.25) is 0 Å². The van der Waals surface area contributed by atoms with Crippen molar-refractivity contribution in [3.05, 3.63) is 35.4 Å². The van der Waals surface area contributed by atoms with Crippen molar-refractivity contribution < 1.29 is 9.53 Å². The summed E-state index contributed by atoms with van der Waals surface area (Å²) in [5.41, 5.74) is 1.52. The molecule has 0 saturated carbocycles. The van der Waals surface area contributed by atoms with E-state index in [0.29, 0.717) is 5.56 Å². The molecule has 0 heterocycles. The lowest BCUT2D eigenvalue weighted by Crippen LogP contribution is -2.08. The average Bonchev–Trinajstić information content (AvgIpc) is 2.15. The van der Waals surface area contributed by atoms with E-state index >= 15 is 0 Å². The summed E-state index contributed by atoms with van der Waals surface area (Å²) in [5.74, 6) is -0.330. The van der Waals surface area contributed by atoms with E-state index in [1.165, 1.54) is 7.11 Å². The van der Waals surface area contributed by atoms with Gasteiger partial charge in [-0.2, -0.15) is 0 Å². The fraction of sp³-hybridized carbons (Fsp3) is 0.364. The second-order valence-electron chi connectivity index (χ2n) is 3.54. The molecule has 0 fully saturated rings. The first-order valence-electron chi connectivity index (χ1n) is 4.33. The number of carbonyl (C=O) groups excluding carboxylic acids is 1. The Kier molecular flexibility index (Phi) is 3.17. The van der Waals surface area contributed by atoms with Crippen LogP contribution in [-0.2, 0) is 9.61 Å². The summed E-state index contributed by atoms with van der Waals surface area (Å²) in [6, 6.07) is 7.09. The predicted octanol–water partition coefficient (Wildman–Crippen LogP) is 2.95. The molecular formula is C11H13ClO2. The van der Waals surface area contributed by atoms with E-state index < -0.39 is 4.87 Å². The Balaban J connectivity index is 2.95. The number of methoxy groups -OCH3 is 1. The maximum absolute atomic E-state index is 11.1. The van der Waals surface area contributed by atoms with Crippen LogP contribution < -0.4 is 0 Å². The Hall–Kier alpha value is -1.02. The molecular weight excluding hydrogens is 200 g/mol. The van der Waals surface area contributed by atoms with Gasteiger partial charge in [-0.1, -0.05) is 12.1 Å². The Morgan fingerprint density at radius 1 is 1.29 bits per heavy atom. The first-order chi connectivity index (χ1) is 6.45. The van der Waals surface area contributed by atoms with E-state index in [4.69, 9.17) is 11.6 Å². The molecule has 0 aliphatic rings. The van der Waals surface area contributed by atoms with Gasteiger partial charge in [0.25, 0.3) is 0 Å². The van der Waals surface area contributed by atoms with Crippen molar-refractivity contribution >= 4 is 17.6 Å². The minimum Gasteiger partial charge on any atom is -0.465 e. The van der Waals surface area contributed by atoms with Crippen molar-refractivity contribution in [3.63, 3.8) is 0 Å². The third-order valence-corrected chi connectivity index (χ3v) is 2.21. The van der Waals surface area contributed by atoms with Crippen molar-refractivity contribution in [1.29, 1.82) is 0 Å². The molecule has 2 nitrogen and oxygen atoms in total. The molecule has 0 bridgehead atoms. The average molecular weight is 213 g/mol. The minimum atomic E-state index is -0.408. The normalized spacial score (nSPS) is 11.1. The molecule has 76 valence electrons. The largest absolute Gasteiger partial charge is 0.465 e. The zero-order chi connectivity index (χ0) is 10.8. The van der Waals surface area contributed by atoms with Crippen LogP contribution in [0.5, 0.6) is 0 Å². The summed E-state index contributed by atoms with van der Waals surface area (Å²) >= 11 is 6.11. The van der Waals surface area contributed by atoms with Gasteiger partial charge in [-0.05, 0) is 31.5 Å². The highest BCUT2D eigenvalue weighted by molar-refractivity contribution is 6.23. The third kappa shape index (κ3) is 2.48. The summed E-state index contributed by atoms with van der Waals surface area (Å²) in [6.07, 6.45) is 0. The van der Waals surface area contributed by atoms with Crippen molar-refractivity contribution in [2.45, 2.75) is 18.7 Å². The molecule has 0 spiro atoms. The van der Waals surface area contributed by atoms with Gasteiger partial charge >= 0.3 is 5.97 Å². The number of hydrogen-bond acceptors (Lipinski definition) is 2. The quantitative estimate of drug-likeness (QED) is 0.557. The van der Waals surface area contributed by atoms with Gasteiger partial charge < -0.3 is 4.74 Å². The summed E-state index contributed by atoms with van der Waals surface area (Å²) in [7, 11) is 1.36. The summed E-state index contributed by atoms with van der Waals surface area (Å²) < 4.78 is 4.59. The van der Waals surface area contributed by atoms with Crippen molar-refractivity contribution in [2.75, 3.05) is 7.11 Å². The van der Waals surface area contributed by atoms with Crippen molar-refractivity contribution in [2.24, 2.45) is 0 Å². The van der Waals surface area contributed by atoms with Gasteiger partial charge in [0, 0.05) is 0 Å². The van der Waals surface area contributed by atoms with Crippen LogP contribution in [0.1, 0.15) is 29.8 Å². The molecule has 3 heteroatoms. The standard InChI is InChI=1S/C11H13ClO2/c1-11(2,12)9-6-4-8(5-7-9)10(13)14-3/h4-7H,1-3H3. The summed E-state index contributed by atoms with van der Waals surface area (Å²) in [5, 5.41) is 0. The molecule has 0 aliphatic heterocycles. The van der Waals surface area contributed by atoms with Crippen LogP contribution in [0.4, 0.5) is 0 Å². The van der Waals surface area contributed by atoms with Gasteiger partial charge in [0.15, 0.2) is 0 Å². The fourth-order valence-electron chi connectivity index (χ4n) is 1.12. The molecule has 0 aliphatic carbocycles. The number of rotatable bonds is 2. The van der Waals surface area contributed by atoms with E-state index in [2.05, 4.69) is 4.74 Å².